The first-order valence-electron chi connectivity index (χ1n) is 4.84. The van der Waals surface area contributed by atoms with Crippen LogP contribution in [0.15, 0.2) is 30.3 Å². The van der Waals surface area contributed by atoms with Gasteiger partial charge >= 0.3 is 6.03 Å². The minimum absolute atomic E-state index is 0.226. The monoisotopic (exact) mass is 204 g/mol. The van der Waals surface area contributed by atoms with Crippen molar-refractivity contribution in [3.05, 3.63) is 35.9 Å². The Bertz CT molecular complexity index is 389. The molecule has 0 bridgehead atoms. The van der Waals surface area contributed by atoms with Crippen molar-refractivity contribution in [1.82, 2.24) is 10.2 Å². The summed E-state index contributed by atoms with van der Waals surface area (Å²) in [5.41, 5.74) is 1.02. The minimum atomic E-state index is -0.377. The number of carbonyl (C=O) groups is 2. The van der Waals surface area contributed by atoms with Crippen molar-refractivity contribution in [2.75, 3.05) is 0 Å². The van der Waals surface area contributed by atoms with Gasteiger partial charge in [-0.15, -0.1) is 0 Å². The lowest BCUT2D eigenvalue weighted by Crippen LogP contribution is -2.32. The van der Waals surface area contributed by atoms with Crippen LogP contribution in [0.1, 0.15) is 12.5 Å². The van der Waals surface area contributed by atoms with Crippen molar-refractivity contribution in [2.24, 2.45) is 0 Å². The molecule has 0 aromatic heterocycles. The normalized spacial score (nSPS) is 20.6. The van der Waals surface area contributed by atoms with E-state index in [1.807, 2.05) is 30.3 Å². The Morgan fingerprint density at radius 2 is 1.93 bits per heavy atom. The molecule has 1 atom stereocenters. The molecule has 0 aliphatic carbocycles. The maximum Gasteiger partial charge on any atom is 0.325 e. The van der Waals surface area contributed by atoms with Crippen molar-refractivity contribution in [2.45, 2.75) is 19.5 Å². The predicted molar refractivity (Wildman–Crippen MR) is 55.0 cm³/mol. The number of urea groups is 1. The van der Waals surface area contributed by atoms with Gasteiger partial charge in [-0.2, -0.15) is 0 Å². The highest BCUT2D eigenvalue weighted by Crippen LogP contribution is 2.12. The summed E-state index contributed by atoms with van der Waals surface area (Å²) in [7, 11) is 0. The summed E-state index contributed by atoms with van der Waals surface area (Å²) in [5, 5.41) is 2.28. The number of hydrogen-bond donors (Lipinski definition) is 1. The maximum absolute atomic E-state index is 11.4. The predicted octanol–water partition coefficient (Wildman–Crippen LogP) is 1.13. The third-order valence-corrected chi connectivity index (χ3v) is 2.53. The fourth-order valence-corrected chi connectivity index (χ4v) is 1.59. The zero-order chi connectivity index (χ0) is 10.8. The van der Waals surface area contributed by atoms with Crippen molar-refractivity contribution in [3.8, 4) is 0 Å². The van der Waals surface area contributed by atoms with Crippen molar-refractivity contribution >= 4 is 11.9 Å². The smallest absolute Gasteiger partial charge is 0.308 e. The molecule has 1 N–H and O–H groups in total. The van der Waals surface area contributed by atoms with E-state index in [0.717, 1.165) is 5.56 Å². The molecule has 1 saturated heterocycles. The number of hydrogen-bond acceptors (Lipinski definition) is 2. The highest BCUT2D eigenvalue weighted by molar-refractivity contribution is 6.03. The summed E-state index contributed by atoms with van der Waals surface area (Å²) >= 11 is 0. The highest BCUT2D eigenvalue weighted by Gasteiger charge is 2.34. The largest absolute Gasteiger partial charge is 0.325 e. The summed E-state index contributed by atoms with van der Waals surface area (Å²) < 4.78 is 0. The Morgan fingerprint density at radius 1 is 1.27 bits per heavy atom. The van der Waals surface area contributed by atoms with Crippen molar-refractivity contribution in [3.63, 3.8) is 0 Å². The molecule has 1 heterocycles. The van der Waals surface area contributed by atoms with Crippen LogP contribution in [0.3, 0.4) is 0 Å². The molecular weight excluding hydrogens is 192 g/mol. The lowest BCUT2D eigenvalue weighted by Gasteiger charge is -2.18. The number of benzene rings is 1. The van der Waals surface area contributed by atoms with Gasteiger partial charge in [-0.1, -0.05) is 30.3 Å². The second-order valence-electron chi connectivity index (χ2n) is 3.58. The number of rotatable bonds is 2. The number of carbonyl (C=O) groups excluding carboxylic acids is 2. The number of nitrogens with zero attached hydrogens (tertiary/aromatic N) is 1. The van der Waals surface area contributed by atoms with Gasteiger partial charge < -0.3 is 4.90 Å². The molecule has 0 spiro atoms. The van der Waals surface area contributed by atoms with E-state index >= 15 is 0 Å². The van der Waals surface area contributed by atoms with Gasteiger partial charge in [0, 0.05) is 6.54 Å². The van der Waals surface area contributed by atoms with Gasteiger partial charge in [0.05, 0.1) is 0 Å². The molecule has 2 rings (SSSR count). The van der Waals surface area contributed by atoms with Gasteiger partial charge in [0.25, 0.3) is 5.91 Å². The molecule has 0 saturated carbocycles. The van der Waals surface area contributed by atoms with Gasteiger partial charge in [-0.05, 0) is 12.5 Å². The van der Waals surface area contributed by atoms with Gasteiger partial charge in [0.2, 0.25) is 0 Å². The lowest BCUT2D eigenvalue weighted by atomic mass is 10.2. The average molecular weight is 204 g/mol. The molecule has 3 amide bonds. The molecule has 0 radical (unpaired) electrons. The van der Waals surface area contributed by atoms with Gasteiger partial charge in [-0.3, -0.25) is 10.1 Å². The fourth-order valence-electron chi connectivity index (χ4n) is 1.59. The Labute approximate surface area is 87.9 Å². The van der Waals surface area contributed by atoms with E-state index in [-0.39, 0.29) is 18.0 Å². The number of nitrogens with one attached hydrogen (secondary N) is 1. The van der Waals surface area contributed by atoms with E-state index in [1.165, 1.54) is 4.90 Å². The van der Waals surface area contributed by atoms with E-state index in [9.17, 15) is 9.59 Å². The standard InChI is InChI=1S/C11H12N2O2/c1-8-10(14)12-11(15)13(8)7-9-5-3-2-4-6-9/h2-6,8H,7H2,1H3,(H,12,14,15). The first-order chi connectivity index (χ1) is 7.18. The molecular formula is C11H12N2O2. The molecule has 1 fully saturated rings. The SMILES string of the molecule is CC1C(=O)NC(=O)N1Cc1ccccc1. The van der Waals surface area contributed by atoms with E-state index in [1.54, 1.807) is 6.92 Å². The first kappa shape index (κ1) is 9.71. The Morgan fingerprint density at radius 3 is 2.47 bits per heavy atom. The van der Waals surface area contributed by atoms with Crippen LogP contribution in [-0.2, 0) is 11.3 Å². The van der Waals surface area contributed by atoms with Crippen LogP contribution >= 0.6 is 0 Å². The molecule has 1 aliphatic heterocycles. The Kier molecular flexibility index (Phi) is 2.41. The van der Waals surface area contributed by atoms with E-state index in [2.05, 4.69) is 5.32 Å². The maximum atomic E-state index is 11.4. The molecule has 1 unspecified atom stereocenters. The van der Waals surface area contributed by atoms with Crippen LogP contribution < -0.4 is 5.32 Å². The van der Waals surface area contributed by atoms with Crippen LogP contribution in [0.5, 0.6) is 0 Å². The second-order valence-corrected chi connectivity index (χ2v) is 3.58. The van der Waals surface area contributed by atoms with Gasteiger partial charge in [0.1, 0.15) is 6.04 Å². The molecule has 78 valence electrons. The quantitative estimate of drug-likeness (QED) is 0.734. The Hall–Kier alpha value is -1.84. The first-order valence-corrected chi connectivity index (χ1v) is 4.84. The summed E-state index contributed by atoms with van der Waals surface area (Å²) in [6.45, 7) is 2.20. The second kappa shape index (κ2) is 3.73. The topological polar surface area (TPSA) is 49.4 Å². The van der Waals surface area contributed by atoms with Crippen LogP contribution in [0.2, 0.25) is 0 Å². The number of amides is 3. The number of imide groups is 1. The molecule has 4 nitrogen and oxygen atoms in total. The van der Waals surface area contributed by atoms with Gasteiger partial charge in [0.15, 0.2) is 0 Å². The Balaban J connectivity index is 2.13. The third-order valence-electron chi connectivity index (χ3n) is 2.53. The summed E-state index contributed by atoms with van der Waals surface area (Å²) in [6.07, 6.45) is 0. The molecule has 15 heavy (non-hydrogen) atoms. The van der Waals surface area contributed by atoms with Crippen LogP contribution in [-0.4, -0.2) is 22.9 Å². The van der Waals surface area contributed by atoms with Crippen molar-refractivity contribution < 1.29 is 9.59 Å². The van der Waals surface area contributed by atoms with E-state index in [0.29, 0.717) is 6.54 Å². The van der Waals surface area contributed by atoms with Crippen LogP contribution in [0.25, 0.3) is 0 Å². The minimum Gasteiger partial charge on any atom is -0.308 e. The van der Waals surface area contributed by atoms with Gasteiger partial charge in [-0.25, -0.2) is 4.79 Å². The lowest BCUT2D eigenvalue weighted by molar-refractivity contribution is -0.121. The highest BCUT2D eigenvalue weighted by atomic mass is 16.2. The molecule has 1 aromatic rings. The fraction of sp³-hybridized carbons (Fsp3) is 0.273. The summed E-state index contributed by atoms with van der Waals surface area (Å²) in [6, 6.07) is 8.92. The zero-order valence-corrected chi connectivity index (χ0v) is 8.43. The molecule has 1 aromatic carbocycles. The summed E-state index contributed by atoms with van der Waals surface area (Å²) in [4.78, 5) is 24.1. The van der Waals surface area contributed by atoms with Crippen LogP contribution in [0.4, 0.5) is 4.79 Å². The van der Waals surface area contributed by atoms with Crippen molar-refractivity contribution in [1.29, 1.82) is 0 Å². The van der Waals surface area contributed by atoms with E-state index < -0.39 is 0 Å². The average Bonchev–Trinajstić information content (AvgIpc) is 2.47. The molecule has 1 aliphatic rings. The van der Waals surface area contributed by atoms with Crippen LogP contribution in [0, 0.1) is 0 Å². The summed E-state index contributed by atoms with van der Waals surface area (Å²) in [5.74, 6) is -0.226. The molecule has 4 heteroatoms. The zero-order valence-electron chi connectivity index (χ0n) is 8.43. The third kappa shape index (κ3) is 1.83. The van der Waals surface area contributed by atoms with E-state index in [4.69, 9.17) is 0 Å².